The van der Waals surface area contributed by atoms with Crippen LogP contribution in [0.25, 0.3) is 0 Å². The number of nitrogens with zero attached hydrogens (tertiary/aromatic N) is 1. The molecule has 20 heavy (non-hydrogen) atoms. The van der Waals surface area contributed by atoms with E-state index < -0.39 is 18.0 Å². The molecule has 1 fully saturated rings. The standard InChI is InChI=1S/C15H22FNO3/c1-10(2)17-6-7-20-14(9-17)15(18)12-5-4-11(19-3)8-13(12)16/h4-5,8,10,14-15,18H,6-7,9H2,1-3H3. The lowest BCUT2D eigenvalue weighted by Gasteiger charge is -2.37. The smallest absolute Gasteiger partial charge is 0.132 e. The number of hydrogen-bond donors (Lipinski definition) is 1. The number of benzene rings is 1. The van der Waals surface area contributed by atoms with E-state index in [0.29, 0.717) is 24.9 Å². The molecule has 0 spiro atoms. The Balaban J connectivity index is 2.12. The highest BCUT2D eigenvalue weighted by Crippen LogP contribution is 2.27. The van der Waals surface area contributed by atoms with Crippen LogP contribution in [0.5, 0.6) is 5.75 Å². The third-order valence-electron chi connectivity index (χ3n) is 3.73. The van der Waals surface area contributed by atoms with Crippen molar-refractivity contribution in [1.82, 2.24) is 4.90 Å². The first-order valence-corrected chi connectivity index (χ1v) is 6.90. The van der Waals surface area contributed by atoms with Crippen LogP contribution < -0.4 is 4.74 Å². The summed E-state index contributed by atoms with van der Waals surface area (Å²) in [7, 11) is 1.48. The summed E-state index contributed by atoms with van der Waals surface area (Å²) in [6.45, 7) is 6.19. The number of methoxy groups -OCH3 is 1. The van der Waals surface area contributed by atoms with E-state index in [4.69, 9.17) is 9.47 Å². The van der Waals surface area contributed by atoms with Crippen LogP contribution in [0.4, 0.5) is 4.39 Å². The van der Waals surface area contributed by atoms with Crippen LogP contribution in [-0.4, -0.2) is 49.0 Å². The van der Waals surface area contributed by atoms with Crippen molar-refractivity contribution in [3.05, 3.63) is 29.6 Å². The summed E-state index contributed by atoms with van der Waals surface area (Å²) < 4.78 is 24.5. The molecule has 1 aliphatic rings. The average Bonchev–Trinajstić information content (AvgIpc) is 2.46. The molecule has 1 aromatic carbocycles. The highest BCUT2D eigenvalue weighted by atomic mass is 19.1. The van der Waals surface area contributed by atoms with E-state index in [9.17, 15) is 9.50 Å². The molecule has 2 rings (SSSR count). The van der Waals surface area contributed by atoms with Gasteiger partial charge in [-0.15, -0.1) is 0 Å². The third kappa shape index (κ3) is 3.29. The van der Waals surface area contributed by atoms with E-state index in [1.807, 2.05) is 0 Å². The Morgan fingerprint density at radius 2 is 2.20 bits per heavy atom. The van der Waals surface area contributed by atoms with Crippen LogP contribution in [0.3, 0.4) is 0 Å². The Morgan fingerprint density at radius 3 is 2.80 bits per heavy atom. The van der Waals surface area contributed by atoms with Gasteiger partial charge in [0.1, 0.15) is 23.8 Å². The minimum Gasteiger partial charge on any atom is -0.497 e. The zero-order chi connectivity index (χ0) is 14.7. The summed E-state index contributed by atoms with van der Waals surface area (Å²) in [5, 5.41) is 10.4. The number of rotatable bonds is 4. The lowest BCUT2D eigenvalue weighted by molar-refractivity contribution is -0.0969. The maximum atomic E-state index is 14.0. The lowest BCUT2D eigenvalue weighted by atomic mass is 10.0. The molecule has 1 aromatic rings. The molecule has 1 N–H and O–H groups in total. The van der Waals surface area contributed by atoms with Gasteiger partial charge in [0.15, 0.2) is 0 Å². The monoisotopic (exact) mass is 283 g/mol. The molecule has 1 heterocycles. The summed E-state index contributed by atoms with van der Waals surface area (Å²) in [4.78, 5) is 2.22. The van der Waals surface area contributed by atoms with Gasteiger partial charge in [-0.3, -0.25) is 4.90 Å². The third-order valence-corrected chi connectivity index (χ3v) is 3.73. The fraction of sp³-hybridized carbons (Fsp3) is 0.600. The maximum Gasteiger partial charge on any atom is 0.132 e. The minimum absolute atomic E-state index is 0.251. The molecule has 0 radical (unpaired) electrons. The fourth-order valence-electron chi connectivity index (χ4n) is 2.43. The van der Waals surface area contributed by atoms with Gasteiger partial charge in [-0.1, -0.05) is 0 Å². The second kappa shape index (κ2) is 6.52. The van der Waals surface area contributed by atoms with Gasteiger partial charge < -0.3 is 14.6 Å². The van der Waals surface area contributed by atoms with Gasteiger partial charge >= 0.3 is 0 Å². The second-order valence-electron chi connectivity index (χ2n) is 5.33. The fourth-order valence-corrected chi connectivity index (χ4v) is 2.43. The van der Waals surface area contributed by atoms with Crippen LogP contribution >= 0.6 is 0 Å². The van der Waals surface area contributed by atoms with Gasteiger partial charge in [0.25, 0.3) is 0 Å². The summed E-state index contributed by atoms with van der Waals surface area (Å²) >= 11 is 0. The van der Waals surface area contributed by atoms with Crippen molar-refractivity contribution in [2.75, 3.05) is 26.8 Å². The highest BCUT2D eigenvalue weighted by molar-refractivity contribution is 5.30. The number of hydrogen-bond acceptors (Lipinski definition) is 4. The first-order valence-electron chi connectivity index (χ1n) is 6.90. The highest BCUT2D eigenvalue weighted by Gasteiger charge is 2.30. The quantitative estimate of drug-likeness (QED) is 0.917. The van der Waals surface area contributed by atoms with Crippen LogP contribution in [-0.2, 0) is 4.74 Å². The van der Waals surface area contributed by atoms with E-state index in [-0.39, 0.29) is 5.56 Å². The first kappa shape index (κ1) is 15.2. The molecule has 0 amide bonds. The lowest BCUT2D eigenvalue weighted by Crippen LogP contribution is -2.47. The molecule has 112 valence electrons. The van der Waals surface area contributed by atoms with Gasteiger partial charge in [-0.25, -0.2) is 4.39 Å². The summed E-state index contributed by atoms with van der Waals surface area (Å²) in [5.41, 5.74) is 0.251. The number of halogens is 1. The molecule has 2 atom stereocenters. The molecule has 1 saturated heterocycles. The van der Waals surface area contributed by atoms with Crippen molar-refractivity contribution in [1.29, 1.82) is 0 Å². The predicted molar refractivity (Wildman–Crippen MR) is 74.4 cm³/mol. The van der Waals surface area contributed by atoms with E-state index in [0.717, 1.165) is 6.54 Å². The van der Waals surface area contributed by atoms with Crippen molar-refractivity contribution < 1.29 is 19.0 Å². The maximum absolute atomic E-state index is 14.0. The molecule has 1 aliphatic heterocycles. The molecular weight excluding hydrogens is 261 g/mol. The molecule has 0 aliphatic carbocycles. The van der Waals surface area contributed by atoms with Crippen molar-refractivity contribution >= 4 is 0 Å². The SMILES string of the molecule is COc1ccc(C(O)C2CN(C(C)C)CCO2)c(F)c1. The van der Waals surface area contributed by atoms with Gasteiger partial charge in [-0.05, 0) is 26.0 Å². The van der Waals surface area contributed by atoms with Crippen LogP contribution in [0.1, 0.15) is 25.5 Å². The topological polar surface area (TPSA) is 41.9 Å². The molecule has 0 saturated carbocycles. The Morgan fingerprint density at radius 1 is 1.45 bits per heavy atom. The van der Waals surface area contributed by atoms with Crippen molar-refractivity contribution in [3.63, 3.8) is 0 Å². The van der Waals surface area contributed by atoms with Crippen molar-refractivity contribution in [3.8, 4) is 5.75 Å². The van der Waals surface area contributed by atoms with E-state index in [1.165, 1.54) is 13.2 Å². The molecule has 4 nitrogen and oxygen atoms in total. The Kier molecular flexibility index (Phi) is 4.96. The minimum atomic E-state index is -0.970. The van der Waals surface area contributed by atoms with Gasteiger partial charge in [-0.2, -0.15) is 0 Å². The molecule has 5 heteroatoms. The van der Waals surface area contributed by atoms with Gasteiger partial charge in [0.2, 0.25) is 0 Å². The Hall–Kier alpha value is -1.17. The largest absolute Gasteiger partial charge is 0.497 e. The molecule has 2 unspecified atom stereocenters. The zero-order valence-corrected chi connectivity index (χ0v) is 12.2. The van der Waals surface area contributed by atoms with Gasteiger partial charge in [0, 0.05) is 30.8 Å². The van der Waals surface area contributed by atoms with E-state index >= 15 is 0 Å². The van der Waals surface area contributed by atoms with Crippen molar-refractivity contribution in [2.24, 2.45) is 0 Å². The molecular formula is C15H22FNO3. The van der Waals surface area contributed by atoms with E-state index in [1.54, 1.807) is 12.1 Å². The van der Waals surface area contributed by atoms with E-state index in [2.05, 4.69) is 18.7 Å². The Labute approximate surface area is 119 Å². The molecule has 0 bridgehead atoms. The zero-order valence-electron chi connectivity index (χ0n) is 12.2. The first-order chi connectivity index (χ1) is 9.52. The summed E-state index contributed by atoms with van der Waals surface area (Å²) in [6.07, 6.45) is -1.38. The molecule has 0 aromatic heterocycles. The van der Waals surface area contributed by atoms with Crippen LogP contribution in [0.2, 0.25) is 0 Å². The average molecular weight is 283 g/mol. The number of aliphatic hydroxyl groups excluding tert-OH is 1. The second-order valence-corrected chi connectivity index (χ2v) is 5.33. The Bertz CT molecular complexity index is 453. The van der Waals surface area contributed by atoms with Crippen molar-refractivity contribution in [2.45, 2.75) is 32.1 Å². The van der Waals surface area contributed by atoms with Crippen LogP contribution in [0.15, 0.2) is 18.2 Å². The number of morpholine rings is 1. The van der Waals surface area contributed by atoms with Gasteiger partial charge in [0.05, 0.1) is 13.7 Å². The number of ether oxygens (including phenoxy) is 2. The summed E-state index contributed by atoms with van der Waals surface area (Å²) in [6, 6.07) is 4.86. The summed E-state index contributed by atoms with van der Waals surface area (Å²) in [5.74, 6) is -0.0334. The number of aliphatic hydroxyl groups is 1. The predicted octanol–water partition coefficient (Wildman–Crippen LogP) is 1.98. The van der Waals surface area contributed by atoms with Crippen LogP contribution in [0, 0.1) is 5.82 Å². The normalized spacial score (nSPS) is 22.0.